The average Bonchev–Trinajstić information content (AvgIpc) is 3.21. The number of ether oxygens (including phenoxy) is 1. The van der Waals surface area contributed by atoms with E-state index < -0.39 is 18.3 Å². The standard InChI is InChI=1S/C33H54O3/c1-22(2)11-9-12-23(3)28-18-19-29-25(13-10-20-33(28,29)5)16-17-26-21-30(34)32(31(35)24(26)4)36-27-14-7-6-8-15-27/h16-17,22-23,27-32,34-35H,4,6-15,18-21H2,1-3,5H3/t23-,28-,29+,30-,31-,32-,33-/m1/s1. The highest BCUT2D eigenvalue weighted by molar-refractivity contribution is 5.40. The molecule has 4 aliphatic rings. The van der Waals surface area contributed by atoms with Gasteiger partial charge in [-0.2, -0.15) is 0 Å². The molecule has 3 nitrogen and oxygen atoms in total. The van der Waals surface area contributed by atoms with Crippen LogP contribution in [0.4, 0.5) is 0 Å². The maximum atomic E-state index is 11.0. The number of allylic oxidation sites excluding steroid dienone is 3. The van der Waals surface area contributed by atoms with E-state index in [0.29, 0.717) is 17.8 Å². The Morgan fingerprint density at radius 2 is 1.75 bits per heavy atom. The molecule has 0 aliphatic heterocycles. The highest BCUT2D eigenvalue weighted by atomic mass is 16.5. The van der Waals surface area contributed by atoms with Crippen molar-refractivity contribution >= 4 is 0 Å². The van der Waals surface area contributed by atoms with Gasteiger partial charge in [0.1, 0.15) is 12.2 Å². The molecule has 0 heterocycles. The molecule has 7 atom stereocenters. The predicted molar refractivity (Wildman–Crippen MR) is 150 cm³/mol. The van der Waals surface area contributed by atoms with Crippen molar-refractivity contribution in [3.8, 4) is 0 Å². The SMILES string of the molecule is C=C1C(=CC=C2CCC[C@]3(C)[C@@H]([C@H](C)CCCC(C)C)CC[C@@H]23)C[C@@H](O)[C@@H](OC2CCCCC2)[C@@H]1O. The number of fused-ring (bicyclic) bond motifs is 1. The van der Waals surface area contributed by atoms with Crippen molar-refractivity contribution in [1.82, 2.24) is 0 Å². The van der Waals surface area contributed by atoms with Crippen LogP contribution in [0.25, 0.3) is 0 Å². The summed E-state index contributed by atoms with van der Waals surface area (Å²) in [5.41, 5.74) is 3.74. The first-order valence-electron chi connectivity index (χ1n) is 15.3. The first kappa shape index (κ1) is 28.1. The summed E-state index contributed by atoms with van der Waals surface area (Å²) in [7, 11) is 0. The molecule has 0 saturated heterocycles. The molecule has 36 heavy (non-hydrogen) atoms. The molecule has 0 spiro atoms. The van der Waals surface area contributed by atoms with Crippen molar-refractivity contribution < 1.29 is 14.9 Å². The Morgan fingerprint density at radius 3 is 2.47 bits per heavy atom. The molecule has 0 unspecified atom stereocenters. The summed E-state index contributed by atoms with van der Waals surface area (Å²) in [4.78, 5) is 0. The van der Waals surface area contributed by atoms with Crippen LogP contribution in [0.5, 0.6) is 0 Å². The fraction of sp³-hybridized carbons (Fsp3) is 0.818. The Bertz CT molecular complexity index is 804. The van der Waals surface area contributed by atoms with E-state index in [4.69, 9.17) is 4.74 Å². The summed E-state index contributed by atoms with van der Waals surface area (Å²) in [6.45, 7) is 14.0. The first-order chi connectivity index (χ1) is 17.2. The zero-order valence-electron chi connectivity index (χ0n) is 23.7. The molecule has 0 aromatic carbocycles. The van der Waals surface area contributed by atoms with Crippen LogP contribution in [0.2, 0.25) is 0 Å². The molecule has 4 aliphatic carbocycles. The van der Waals surface area contributed by atoms with Gasteiger partial charge in [0.05, 0.1) is 12.2 Å². The van der Waals surface area contributed by atoms with Gasteiger partial charge in [-0.1, -0.05) is 90.5 Å². The maximum absolute atomic E-state index is 11.0. The molecule has 3 heteroatoms. The van der Waals surface area contributed by atoms with E-state index in [0.717, 1.165) is 41.7 Å². The monoisotopic (exact) mass is 498 g/mol. The summed E-state index contributed by atoms with van der Waals surface area (Å²) in [5.74, 6) is 3.12. The molecule has 0 amide bonds. The molecule has 2 N–H and O–H groups in total. The van der Waals surface area contributed by atoms with Crippen LogP contribution in [0, 0.1) is 29.1 Å². The molecular formula is C33H54O3. The Balaban J connectivity index is 1.41. The number of hydrogen-bond acceptors (Lipinski definition) is 3. The van der Waals surface area contributed by atoms with Gasteiger partial charge in [-0.25, -0.2) is 0 Å². The third-order valence-electron chi connectivity index (χ3n) is 10.5. The zero-order valence-corrected chi connectivity index (χ0v) is 23.7. The lowest BCUT2D eigenvalue weighted by atomic mass is 9.60. The summed E-state index contributed by atoms with van der Waals surface area (Å²) < 4.78 is 6.21. The fourth-order valence-corrected chi connectivity index (χ4v) is 8.31. The first-order valence-corrected chi connectivity index (χ1v) is 15.3. The van der Waals surface area contributed by atoms with Crippen LogP contribution in [0.15, 0.2) is 35.5 Å². The molecule has 204 valence electrons. The summed E-state index contributed by atoms with van der Waals surface area (Å²) in [6.07, 6.45) is 19.4. The molecule has 0 bridgehead atoms. The summed E-state index contributed by atoms with van der Waals surface area (Å²) >= 11 is 0. The Labute approximate surface area is 221 Å². The topological polar surface area (TPSA) is 49.7 Å². The molecule has 0 aromatic rings. The van der Waals surface area contributed by atoms with E-state index in [1.54, 1.807) is 5.57 Å². The van der Waals surface area contributed by atoms with Gasteiger partial charge in [0.15, 0.2) is 0 Å². The second-order valence-corrected chi connectivity index (χ2v) is 13.4. The lowest BCUT2D eigenvalue weighted by Crippen LogP contribution is -2.47. The van der Waals surface area contributed by atoms with Crippen LogP contribution in [0.3, 0.4) is 0 Å². The Hall–Kier alpha value is -0.900. The van der Waals surface area contributed by atoms with Gasteiger partial charge >= 0.3 is 0 Å². The van der Waals surface area contributed by atoms with Gasteiger partial charge in [-0.15, -0.1) is 0 Å². The second-order valence-electron chi connectivity index (χ2n) is 13.4. The minimum atomic E-state index is -0.820. The Morgan fingerprint density at radius 1 is 1.00 bits per heavy atom. The van der Waals surface area contributed by atoms with Crippen molar-refractivity contribution in [3.63, 3.8) is 0 Å². The van der Waals surface area contributed by atoms with Crippen LogP contribution >= 0.6 is 0 Å². The van der Waals surface area contributed by atoms with Gasteiger partial charge < -0.3 is 14.9 Å². The van der Waals surface area contributed by atoms with E-state index in [1.165, 1.54) is 70.6 Å². The predicted octanol–water partition coefficient (Wildman–Crippen LogP) is 7.92. The average molecular weight is 499 g/mol. The summed E-state index contributed by atoms with van der Waals surface area (Å²) in [6, 6.07) is 0. The van der Waals surface area contributed by atoms with Crippen molar-refractivity contribution in [2.24, 2.45) is 29.1 Å². The van der Waals surface area contributed by atoms with Gasteiger partial charge in [0, 0.05) is 6.42 Å². The molecule has 4 saturated carbocycles. The number of aliphatic hydroxyl groups excluding tert-OH is 2. The highest BCUT2D eigenvalue weighted by Gasteiger charge is 2.50. The normalized spacial score (nSPS) is 39.2. The van der Waals surface area contributed by atoms with Gasteiger partial charge in [-0.3, -0.25) is 0 Å². The smallest absolute Gasteiger partial charge is 0.114 e. The minimum absolute atomic E-state index is 0.163. The van der Waals surface area contributed by atoms with Crippen LogP contribution in [-0.2, 0) is 4.74 Å². The fourth-order valence-electron chi connectivity index (χ4n) is 8.31. The summed E-state index contributed by atoms with van der Waals surface area (Å²) in [5, 5.41) is 21.9. The quantitative estimate of drug-likeness (QED) is 0.357. The van der Waals surface area contributed by atoms with Crippen LogP contribution in [0.1, 0.15) is 118 Å². The van der Waals surface area contributed by atoms with E-state index in [9.17, 15) is 10.2 Å². The maximum Gasteiger partial charge on any atom is 0.114 e. The third kappa shape index (κ3) is 6.21. The second kappa shape index (κ2) is 12.3. The third-order valence-corrected chi connectivity index (χ3v) is 10.5. The zero-order chi connectivity index (χ0) is 25.9. The molecule has 4 fully saturated rings. The molecule has 4 rings (SSSR count). The number of rotatable bonds is 8. The van der Waals surface area contributed by atoms with E-state index in [2.05, 4.69) is 46.4 Å². The minimum Gasteiger partial charge on any atom is -0.390 e. The van der Waals surface area contributed by atoms with E-state index >= 15 is 0 Å². The molecule has 0 aromatic heterocycles. The number of aliphatic hydroxyl groups is 2. The van der Waals surface area contributed by atoms with E-state index in [1.807, 2.05) is 0 Å². The van der Waals surface area contributed by atoms with Crippen molar-refractivity contribution in [1.29, 1.82) is 0 Å². The van der Waals surface area contributed by atoms with Gasteiger partial charge in [0.2, 0.25) is 0 Å². The van der Waals surface area contributed by atoms with Gasteiger partial charge in [-0.05, 0) is 85.2 Å². The van der Waals surface area contributed by atoms with Gasteiger partial charge in [0.25, 0.3) is 0 Å². The van der Waals surface area contributed by atoms with Crippen LogP contribution < -0.4 is 0 Å². The molecule has 0 radical (unpaired) electrons. The van der Waals surface area contributed by atoms with E-state index in [-0.39, 0.29) is 6.10 Å². The molecular weight excluding hydrogens is 444 g/mol. The number of hydrogen-bond donors (Lipinski definition) is 2. The lowest BCUT2D eigenvalue weighted by molar-refractivity contribution is -0.131. The largest absolute Gasteiger partial charge is 0.390 e. The highest BCUT2D eigenvalue weighted by Crippen LogP contribution is 2.60. The Kier molecular flexibility index (Phi) is 9.61. The lowest BCUT2D eigenvalue weighted by Gasteiger charge is -2.44. The van der Waals surface area contributed by atoms with Crippen molar-refractivity contribution in [2.75, 3.05) is 0 Å². The van der Waals surface area contributed by atoms with Crippen molar-refractivity contribution in [3.05, 3.63) is 35.5 Å². The van der Waals surface area contributed by atoms with Crippen LogP contribution in [-0.4, -0.2) is 34.6 Å². The van der Waals surface area contributed by atoms with Crippen molar-refractivity contribution in [2.45, 2.75) is 142 Å².